The standard InChI is InChI=1S/C16H24O4/c1-16(2,14-6-5-12(9-17)19-14)20-15(18)13-8-10-3-4-11(13)7-10/h3-4,10-14,17H,5-9H2,1-2H3. The minimum atomic E-state index is -0.619. The first-order chi connectivity index (χ1) is 9.49. The number of carbonyl (C=O) groups is 1. The van der Waals surface area contributed by atoms with Gasteiger partial charge in [0, 0.05) is 0 Å². The number of rotatable bonds is 4. The van der Waals surface area contributed by atoms with E-state index in [2.05, 4.69) is 12.2 Å². The van der Waals surface area contributed by atoms with Gasteiger partial charge in [0.2, 0.25) is 0 Å². The molecule has 2 aliphatic carbocycles. The van der Waals surface area contributed by atoms with Gasteiger partial charge < -0.3 is 14.6 Å². The van der Waals surface area contributed by atoms with E-state index in [0.29, 0.717) is 11.8 Å². The Hall–Kier alpha value is -0.870. The Kier molecular flexibility index (Phi) is 3.63. The lowest BCUT2D eigenvalue weighted by Gasteiger charge is -2.33. The van der Waals surface area contributed by atoms with E-state index in [1.165, 1.54) is 0 Å². The number of ether oxygens (including phenoxy) is 2. The lowest BCUT2D eigenvalue weighted by molar-refractivity contribution is -0.177. The first-order valence-electron chi connectivity index (χ1n) is 7.67. The second kappa shape index (κ2) is 5.15. The van der Waals surface area contributed by atoms with Crippen molar-refractivity contribution in [2.24, 2.45) is 17.8 Å². The van der Waals surface area contributed by atoms with Crippen molar-refractivity contribution in [3.63, 3.8) is 0 Å². The number of esters is 1. The van der Waals surface area contributed by atoms with Gasteiger partial charge in [-0.15, -0.1) is 0 Å². The largest absolute Gasteiger partial charge is 0.457 e. The molecule has 0 aromatic rings. The van der Waals surface area contributed by atoms with E-state index in [1.54, 1.807) is 0 Å². The molecule has 20 heavy (non-hydrogen) atoms. The lowest BCUT2D eigenvalue weighted by Crippen LogP contribution is -2.43. The quantitative estimate of drug-likeness (QED) is 0.632. The van der Waals surface area contributed by atoms with Crippen LogP contribution in [0.1, 0.15) is 39.5 Å². The highest BCUT2D eigenvalue weighted by Gasteiger charge is 2.45. The van der Waals surface area contributed by atoms with Crippen molar-refractivity contribution < 1.29 is 19.4 Å². The predicted molar refractivity (Wildman–Crippen MR) is 74.0 cm³/mol. The van der Waals surface area contributed by atoms with Crippen LogP contribution >= 0.6 is 0 Å². The summed E-state index contributed by atoms with van der Waals surface area (Å²) in [5.74, 6) is 0.891. The molecule has 1 heterocycles. The average molecular weight is 280 g/mol. The number of aliphatic hydroxyl groups excluding tert-OH is 1. The zero-order valence-electron chi connectivity index (χ0n) is 12.2. The Labute approximate surface area is 120 Å². The molecule has 0 spiro atoms. The maximum atomic E-state index is 12.4. The highest BCUT2D eigenvalue weighted by Crippen LogP contribution is 2.44. The smallest absolute Gasteiger partial charge is 0.310 e. The molecule has 1 aliphatic heterocycles. The zero-order chi connectivity index (χ0) is 14.3. The second-order valence-corrected chi connectivity index (χ2v) is 6.92. The molecule has 2 bridgehead atoms. The molecule has 1 saturated heterocycles. The number of fused-ring (bicyclic) bond motifs is 2. The van der Waals surface area contributed by atoms with E-state index in [4.69, 9.17) is 14.6 Å². The molecule has 0 amide bonds. The summed E-state index contributed by atoms with van der Waals surface area (Å²) in [6, 6.07) is 0. The molecule has 112 valence electrons. The van der Waals surface area contributed by atoms with Gasteiger partial charge in [-0.25, -0.2) is 0 Å². The summed E-state index contributed by atoms with van der Waals surface area (Å²) < 4.78 is 11.5. The van der Waals surface area contributed by atoms with Crippen molar-refractivity contribution in [2.75, 3.05) is 6.61 Å². The molecule has 4 nitrogen and oxygen atoms in total. The van der Waals surface area contributed by atoms with Gasteiger partial charge in [0.1, 0.15) is 5.60 Å². The minimum Gasteiger partial charge on any atom is -0.457 e. The second-order valence-electron chi connectivity index (χ2n) is 6.92. The van der Waals surface area contributed by atoms with Crippen molar-refractivity contribution >= 4 is 5.97 Å². The molecule has 0 aromatic heterocycles. The number of allylic oxidation sites excluding steroid dienone is 2. The van der Waals surface area contributed by atoms with Crippen LogP contribution in [0.25, 0.3) is 0 Å². The van der Waals surface area contributed by atoms with Crippen molar-refractivity contribution in [2.45, 2.75) is 57.3 Å². The first kappa shape index (κ1) is 14.1. The molecule has 2 fully saturated rings. The van der Waals surface area contributed by atoms with Gasteiger partial charge >= 0.3 is 5.97 Å². The molecule has 1 saturated carbocycles. The van der Waals surface area contributed by atoms with E-state index in [1.807, 2.05) is 13.8 Å². The normalized spacial score (nSPS) is 39.5. The Balaban J connectivity index is 1.59. The van der Waals surface area contributed by atoms with Crippen molar-refractivity contribution in [3.8, 4) is 0 Å². The molecule has 4 heteroatoms. The highest BCUT2D eigenvalue weighted by atomic mass is 16.6. The summed E-state index contributed by atoms with van der Waals surface area (Å²) in [4.78, 5) is 12.4. The molecule has 5 unspecified atom stereocenters. The van der Waals surface area contributed by atoms with Crippen LogP contribution in [0.2, 0.25) is 0 Å². The molecule has 3 rings (SSSR count). The third-order valence-corrected chi connectivity index (χ3v) is 5.03. The van der Waals surface area contributed by atoms with Crippen molar-refractivity contribution in [1.82, 2.24) is 0 Å². The maximum absolute atomic E-state index is 12.4. The minimum absolute atomic E-state index is 0.0271. The molecule has 5 atom stereocenters. The fourth-order valence-electron chi connectivity index (χ4n) is 3.80. The maximum Gasteiger partial charge on any atom is 0.310 e. The van der Waals surface area contributed by atoms with Crippen LogP contribution in [-0.2, 0) is 14.3 Å². The average Bonchev–Trinajstić information content (AvgIpc) is 3.13. The van der Waals surface area contributed by atoms with Crippen LogP contribution in [0.15, 0.2) is 12.2 Å². The predicted octanol–water partition coefficient (Wildman–Crippen LogP) is 2.06. The molecular formula is C16H24O4. The van der Waals surface area contributed by atoms with E-state index in [-0.39, 0.29) is 30.7 Å². The van der Waals surface area contributed by atoms with Crippen molar-refractivity contribution in [3.05, 3.63) is 12.2 Å². The highest BCUT2D eigenvalue weighted by molar-refractivity contribution is 5.74. The Morgan fingerprint density at radius 3 is 2.70 bits per heavy atom. The summed E-state index contributed by atoms with van der Waals surface area (Å²) in [5, 5.41) is 9.14. The van der Waals surface area contributed by atoms with Crippen LogP contribution in [0.5, 0.6) is 0 Å². The van der Waals surface area contributed by atoms with Gasteiger partial charge in [0.15, 0.2) is 0 Å². The summed E-state index contributed by atoms with van der Waals surface area (Å²) in [5.41, 5.74) is -0.619. The lowest BCUT2D eigenvalue weighted by atomic mass is 9.92. The summed E-state index contributed by atoms with van der Waals surface area (Å²) >= 11 is 0. The molecule has 0 aromatic carbocycles. The third-order valence-electron chi connectivity index (χ3n) is 5.03. The number of aliphatic hydroxyl groups is 1. The van der Waals surface area contributed by atoms with Crippen LogP contribution in [0, 0.1) is 17.8 Å². The van der Waals surface area contributed by atoms with Gasteiger partial charge in [-0.3, -0.25) is 4.79 Å². The van der Waals surface area contributed by atoms with Gasteiger partial charge in [-0.05, 0) is 51.4 Å². The number of carbonyl (C=O) groups excluding carboxylic acids is 1. The van der Waals surface area contributed by atoms with Gasteiger partial charge in [0.05, 0.1) is 24.7 Å². The topological polar surface area (TPSA) is 55.8 Å². The van der Waals surface area contributed by atoms with Crippen LogP contribution in [0.4, 0.5) is 0 Å². The Morgan fingerprint density at radius 2 is 2.15 bits per heavy atom. The monoisotopic (exact) mass is 280 g/mol. The van der Waals surface area contributed by atoms with Gasteiger partial charge in [-0.2, -0.15) is 0 Å². The Bertz CT molecular complexity index is 415. The Morgan fingerprint density at radius 1 is 1.35 bits per heavy atom. The van der Waals surface area contributed by atoms with E-state index in [0.717, 1.165) is 25.7 Å². The van der Waals surface area contributed by atoms with Crippen LogP contribution in [-0.4, -0.2) is 35.5 Å². The number of hydrogen-bond acceptors (Lipinski definition) is 4. The zero-order valence-corrected chi connectivity index (χ0v) is 12.2. The molecule has 3 aliphatic rings. The molecule has 1 N–H and O–H groups in total. The summed E-state index contributed by atoms with van der Waals surface area (Å²) in [7, 11) is 0. The van der Waals surface area contributed by atoms with Crippen LogP contribution < -0.4 is 0 Å². The fourth-order valence-corrected chi connectivity index (χ4v) is 3.80. The van der Waals surface area contributed by atoms with Gasteiger partial charge in [-0.1, -0.05) is 12.2 Å². The van der Waals surface area contributed by atoms with Crippen LogP contribution in [0.3, 0.4) is 0 Å². The molecular weight excluding hydrogens is 256 g/mol. The first-order valence-corrected chi connectivity index (χ1v) is 7.67. The molecule has 0 radical (unpaired) electrons. The van der Waals surface area contributed by atoms with E-state index >= 15 is 0 Å². The fraction of sp³-hybridized carbons (Fsp3) is 0.812. The number of hydrogen-bond donors (Lipinski definition) is 1. The summed E-state index contributed by atoms with van der Waals surface area (Å²) in [6.45, 7) is 3.87. The van der Waals surface area contributed by atoms with Gasteiger partial charge in [0.25, 0.3) is 0 Å². The van der Waals surface area contributed by atoms with Crippen molar-refractivity contribution in [1.29, 1.82) is 0 Å². The van der Waals surface area contributed by atoms with E-state index in [9.17, 15) is 4.79 Å². The van der Waals surface area contributed by atoms with E-state index < -0.39 is 5.60 Å². The third kappa shape index (κ3) is 2.51. The summed E-state index contributed by atoms with van der Waals surface area (Å²) in [6.07, 6.45) is 7.88. The SMILES string of the molecule is CC(C)(OC(=O)C1CC2C=CC1C2)C1CCC(CO)O1.